The molecule has 2 heterocycles. The summed E-state index contributed by atoms with van der Waals surface area (Å²) in [5, 5.41) is 0.967. The summed E-state index contributed by atoms with van der Waals surface area (Å²) in [5.41, 5.74) is 1.56. The van der Waals surface area contributed by atoms with E-state index in [0.29, 0.717) is 52.7 Å². The molecule has 0 bridgehead atoms. The zero-order chi connectivity index (χ0) is 21.5. The van der Waals surface area contributed by atoms with Crippen LogP contribution in [0.5, 0.6) is 0 Å². The van der Waals surface area contributed by atoms with Crippen molar-refractivity contribution in [2.24, 2.45) is 0 Å². The quantitative estimate of drug-likeness (QED) is 0.603. The van der Waals surface area contributed by atoms with Crippen LogP contribution in [0, 0.1) is 0 Å². The van der Waals surface area contributed by atoms with E-state index in [1.165, 1.54) is 4.31 Å². The summed E-state index contributed by atoms with van der Waals surface area (Å²) in [5.74, 6) is 0.348. The van der Waals surface area contributed by atoms with Crippen molar-refractivity contribution in [2.45, 2.75) is 43.5 Å². The average Bonchev–Trinajstić information content (AvgIpc) is 2.74. The molecule has 1 aliphatic rings. The van der Waals surface area contributed by atoms with Gasteiger partial charge in [-0.25, -0.2) is 13.4 Å². The van der Waals surface area contributed by atoms with E-state index in [0.717, 1.165) is 5.56 Å². The van der Waals surface area contributed by atoms with Gasteiger partial charge in [0.05, 0.1) is 22.1 Å². The fraction of sp³-hybridized carbons (Fsp3) is 0.364. The molecular formula is C22H24ClN3O3S. The zero-order valence-electron chi connectivity index (χ0n) is 17.0. The van der Waals surface area contributed by atoms with Crippen molar-refractivity contribution in [3.8, 4) is 0 Å². The van der Waals surface area contributed by atoms with Gasteiger partial charge in [-0.1, -0.05) is 37.6 Å². The van der Waals surface area contributed by atoms with Gasteiger partial charge < -0.3 is 0 Å². The number of nitrogens with zero attached hydrogens (tertiary/aromatic N) is 3. The molecule has 4 rings (SSSR count). The van der Waals surface area contributed by atoms with E-state index in [-0.39, 0.29) is 11.6 Å². The standard InChI is InChI=1S/C22H24ClN3O3S/c1-15(2)16-3-6-19(7-4-16)30(28,29)25-11-9-18(10-12-25)26-14-24-21-8-5-17(23)13-20(21)22(26)27/h3-8,13-15,18H,9-12H2,1-2H3. The van der Waals surface area contributed by atoms with Gasteiger partial charge in [-0.3, -0.25) is 9.36 Å². The minimum absolute atomic E-state index is 0.0943. The van der Waals surface area contributed by atoms with Crippen LogP contribution in [-0.2, 0) is 10.0 Å². The van der Waals surface area contributed by atoms with E-state index < -0.39 is 10.0 Å². The van der Waals surface area contributed by atoms with Crippen molar-refractivity contribution in [3.63, 3.8) is 0 Å². The Morgan fingerprint density at radius 3 is 2.37 bits per heavy atom. The third-order valence-corrected chi connectivity index (χ3v) is 7.89. The Balaban J connectivity index is 1.53. The van der Waals surface area contributed by atoms with Crippen molar-refractivity contribution in [1.29, 1.82) is 0 Å². The summed E-state index contributed by atoms with van der Waals surface area (Å²) in [4.78, 5) is 17.6. The van der Waals surface area contributed by atoms with Crippen LogP contribution >= 0.6 is 11.6 Å². The Kier molecular flexibility index (Phi) is 5.70. The maximum atomic E-state index is 13.0. The van der Waals surface area contributed by atoms with Gasteiger partial charge in [-0.15, -0.1) is 0 Å². The Bertz CT molecular complexity index is 1230. The molecular weight excluding hydrogens is 422 g/mol. The molecule has 8 heteroatoms. The molecule has 0 aliphatic carbocycles. The predicted octanol–water partition coefficient (Wildman–Crippen LogP) is 4.20. The van der Waals surface area contributed by atoms with Gasteiger partial charge in [0, 0.05) is 24.2 Å². The first-order chi connectivity index (χ1) is 14.3. The minimum atomic E-state index is -3.55. The molecule has 0 atom stereocenters. The van der Waals surface area contributed by atoms with Crippen LogP contribution in [0.3, 0.4) is 0 Å². The van der Waals surface area contributed by atoms with Crippen LogP contribution in [0.4, 0.5) is 0 Å². The molecule has 3 aromatic rings. The van der Waals surface area contributed by atoms with Crippen LogP contribution in [0.25, 0.3) is 10.9 Å². The van der Waals surface area contributed by atoms with Crippen molar-refractivity contribution >= 4 is 32.5 Å². The highest BCUT2D eigenvalue weighted by Gasteiger charge is 2.30. The van der Waals surface area contributed by atoms with E-state index >= 15 is 0 Å². The lowest BCUT2D eigenvalue weighted by atomic mass is 10.0. The number of rotatable bonds is 4. The number of piperidine rings is 1. The van der Waals surface area contributed by atoms with Gasteiger partial charge >= 0.3 is 0 Å². The van der Waals surface area contributed by atoms with Crippen molar-refractivity contribution in [1.82, 2.24) is 13.9 Å². The van der Waals surface area contributed by atoms with Gasteiger partial charge in [-0.05, 0) is 54.7 Å². The number of hydrogen-bond acceptors (Lipinski definition) is 4. The zero-order valence-corrected chi connectivity index (χ0v) is 18.5. The van der Waals surface area contributed by atoms with E-state index in [4.69, 9.17) is 11.6 Å². The lowest BCUT2D eigenvalue weighted by molar-refractivity contribution is 0.269. The fourth-order valence-electron chi connectivity index (χ4n) is 3.90. The second-order valence-electron chi connectivity index (χ2n) is 7.98. The summed E-state index contributed by atoms with van der Waals surface area (Å²) in [6.07, 6.45) is 2.66. The van der Waals surface area contributed by atoms with Gasteiger partial charge in [0.25, 0.3) is 5.56 Å². The fourth-order valence-corrected chi connectivity index (χ4v) is 5.54. The summed E-state index contributed by atoms with van der Waals surface area (Å²) in [6, 6.07) is 12.1. The maximum absolute atomic E-state index is 13.0. The largest absolute Gasteiger partial charge is 0.296 e. The number of halogens is 1. The van der Waals surface area contributed by atoms with Crippen LogP contribution in [0.1, 0.15) is 44.2 Å². The molecule has 158 valence electrons. The summed E-state index contributed by atoms with van der Waals surface area (Å²) < 4.78 is 29.2. The second kappa shape index (κ2) is 8.13. The topological polar surface area (TPSA) is 72.3 Å². The molecule has 1 saturated heterocycles. The first-order valence-corrected chi connectivity index (χ1v) is 11.9. The molecule has 0 radical (unpaired) electrons. The SMILES string of the molecule is CC(C)c1ccc(S(=O)(=O)N2CCC(n3cnc4ccc(Cl)cc4c3=O)CC2)cc1. The monoisotopic (exact) mass is 445 g/mol. The number of fused-ring (bicyclic) bond motifs is 1. The van der Waals surface area contributed by atoms with Crippen molar-refractivity contribution in [3.05, 3.63) is 69.7 Å². The Hall–Kier alpha value is -2.22. The Labute approximate surface area is 181 Å². The second-order valence-corrected chi connectivity index (χ2v) is 10.4. The summed E-state index contributed by atoms with van der Waals surface area (Å²) >= 11 is 6.03. The molecule has 1 fully saturated rings. The number of sulfonamides is 1. The molecule has 0 unspecified atom stereocenters. The summed E-state index contributed by atoms with van der Waals surface area (Å²) in [7, 11) is -3.55. The van der Waals surface area contributed by atoms with Gasteiger partial charge in [0.15, 0.2) is 0 Å². The smallest absolute Gasteiger partial charge is 0.261 e. The van der Waals surface area contributed by atoms with Crippen LogP contribution in [0.2, 0.25) is 5.02 Å². The third kappa shape index (κ3) is 3.89. The van der Waals surface area contributed by atoms with Gasteiger partial charge in [0.2, 0.25) is 10.0 Å². The molecule has 1 aliphatic heterocycles. The Morgan fingerprint density at radius 2 is 1.73 bits per heavy atom. The first-order valence-electron chi connectivity index (χ1n) is 10.0. The predicted molar refractivity (Wildman–Crippen MR) is 119 cm³/mol. The highest BCUT2D eigenvalue weighted by atomic mass is 35.5. The number of aromatic nitrogens is 2. The molecule has 2 aromatic carbocycles. The van der Waals surface area contributed by atoms with Crippen molar-refractivity contribution < 1.29 is 8.42 Å². The van der Waals surface area contributed by atoms with E-state index in [1.807, 2.05) is 12.1 Å². The number of hydrogen-bond donors (Lipinski definition) is 0. The molecule has 1 aromatic heterocycles. The van der Waals surface area contributed by atoms with Crippen LogP contribution < -0.4 is 5.56 Å². The molecule has 6 nitrogen and oxygen atoms in total. The number of benzene rings is 2. The normalized spacial score (nSPS) is 16.4. The Morgan fingerprint density at radius 1 is 1.07 bits per heavy atom. The van der Waals surface area contributed by atoms with Gasteiger partial charge in [0.1, 0.15) is 0 Å². The molecule has 0 saturated carbocycles. The highest BCUT2D eigenvalue weighted by Crippen LogP contribution is 2.27. The van der Waals surface area contributed by atoms with Crippen LogP contribution in [0.15, 0.2) is 58.5 Å². The van der Waals surface area contributed by atoms with Crippen LogP contribution in [-0.4, -0.2) is 35.4 Å². The first kappa shape index (κ1) is 21.0. The highest BCUT2D eigenvalue weighted by molar-refractivity contribution is 7.89. The lowest BCUT2D eigenvalue weighted by Crippen LogP contribution is -2.40. The minimum Gasteiger partial charge on any atom is -0.296 e. The third-order valence-electron chi connectivity index (χ3n) is 5.75. The average molecular weight is 446 g/mol. The van der Waals surface area contributed by atoms with E-state index in [9.17, 15) is 13.2 Å². The molecule has 30 heavy (non-hydrogen) atoms. The van der Waals surface area contributed by atoms with Gasteiger partial charge in [-0.2, -0.15) is 4.31 Å². The molecule has 0 amide bonds. The lowest BCUT2D eigenvalue weighted by Gasteiger charge is -2.32. The maximum Gasteiger partial charge on any atom is 0.261 e. The molecule has 0 spiro atoms. The molecule has 0 N–H and O–H groups in total. The van der Waals surface area contributed by atoms with E-state index in [2.05, 4.69) is 18.8 Å². The van der Waals surface area contributed by atoms with E-state index in [1.54, 1.807) is 41.2 Å². The van der Waals surface area contributed by atoms with Crippen molar-refractivity contribution in [2.75, 3.05) is 13.1 Å². The summed E-state index contributed by atoms with van der Waals surface area (Å²) in [6.45, 7) is 4.87.